The SMILES string of the molecule is CC.CC.CC.CC.CC.CC.CC.CC.CC.CC.CC.CC1=CCC=C1.C[C-]=CC1C=CC=C[CH-]1.Cc1ccc2c(c1)OCCO2.Cc1ccc2c(c1)OCO2.Cc1ccc2cc[nH]c2c1.Cc1ccc2n[nH]nc2c1.Cc1ccccc1.Cc1ccccn1.Cc1cccnc1.Cc1cnoc1.[CH-]=CC=[C-]C.[W+2].[W+2]. The van der Waals surface area contributed by atoms with Crippen LogP contribution in [0.5, 0.6) is 23.0 Å². The van der Waals surface area contributed by atoms with Crippen molar-refractivity contribution in [3.63, 3.8) is 0 Å². The molecule has 2 aliphatic heterocycles. The Morgan fingerprint density at radius 2 is 1.00 bits per heavy atom. The first-order chi connectivity index (χ1) is 53.8. The third-order valence-corrected chi connectivity index (χ3v) is 12.0. The second kappa shape index (κ2) is 98.3. The summed E-state index contributed by atoms with van der Waals surface area (Å²) in [7, 11) is 0. The van der Waals surface area contributed by atoms with Crippen molar-refractivity contribution in [2.75, 3.05) is 20.0 Å². The van der Waals surface area contributed by atoms with Crippen LogP contribution in [-0.4, -0.2) is 55.5 Å². The Balaban J connectivity index is -0.000000125. The Bertz CT molecular complexity index is 3510. The number of nitrogens with zero attached hydrogens (tertiary/aromatic N) is 5. The summed E-state index contributed by atoms with van der Waals surface area (Å²) in [6, 6.07) is 46.4. The molecule has 0 radical (unpaired) electrons. The van der Waals surface area contributed by atoms with Gasteiger partial charge in [0.25, 0.3) is 0 Å². The van der Waals surface area contributed by atoms with Gasteiger partial charge < -0.3 is 59.3 Å². The van der Waals surface area contributed by atoms with Gasteiger partial charge in [0.1, 0.15) is 30.5 Å². The molecule has 1 atom stereocenters. The summed E-state index contributed by atoms with van der Waals surface area (Å²) < 4.78 is 25.5. The summed E-state index contributed by atoms with van der Waals surface area (Å²) in [5, 5.41) is 15.2. The van der Waals surface area contributed by atoms with Gasteiger partial charge in [-0.1, -0.05) is 266 Å². The summed E-state index contributed by atoms with van der Waals surface area (Å²) in [6.07, 6.45) is 39.5. The summed E-state index contributed by atoms with van der Waals surface area (Å²) >= 11 is 0. The average molecular weight is 1880 g/mol. The fraction of sp³-hybridized carbons (Fsp3) is 0.388. The van der Waals surface area contributed by atoms with Crippen LogP contribution < -0.4 is 18.9 Å². The number of aromatic nitrogens is 7. The van der Waals surface area contributed by atoms with Crippen LogP contribution in [0.2, 0.25) is 0 Å². The van der Waals surface area contributed by atoms with E-state index in [9.17, 15) is 0 Å². The number of aromatic amines is 2. The zero-order chi connectivity index (χ0) is 85.4. The summed E-state index contributed by atoms with van der Waals surface area (Å²) in [5.41, 5.74) is 14.1. The van der Waals surface area contributed by atoms with E-state index in [0.29, 0.717) is 25.9 Å². The van der Waals surface area contributed by atoms with Crippen molar-refractivity contribution in [3.8, 4) is 23.0 Å². The smallest absolute Gasteiger partial charge is 0.504 e. The van der Waals surface area contributed by atoms with E-state index in [0.717, 1.165) is 51.7 Å². The van der Waals surface area contributed by atoms with Crippen molar-refractivity contribution < 1.29 is 65.6 Å². The van der Waals surface area contributed by atoms with Crippen molar-refractivity contribution in [1.29, 1.82) is 0 Å². The van der Waals surface area contributed by atoms with Crippen molar-refractivity contribution in [2.24, 2.45) is 5.92 Å². The molecule has 0 bridgehead atoms. The molecule has 12 nitrogen and oxygen atoms in total. The average Bonchev–Trinajstić information content (AvgIpc) is 1.78. The number of fused-ring (bicyclic) bond motifs is 4. The minimum atomic E-state index is 0. The van der Waals surface area contributed by atoms with E-state index >= 15 is 0 Å². The van der Waals surface area contributed by atoms with Gasteiger partial charge in [-0.2, -0.15) is 22.3 Å². The molecule has 0 spiro atoms. The predicted octanol–water partition coefficient (Wildman–Crippen LogP) is 29.8. The number of aryl methyl sites for hydroxylation is 8. The fourth-order valence-corrected chi connectivity index (χ4v) is 7.44. The molecule has 620 valence electrons. The van der Waals surface area contributed by atoms with Gasteiger partial charge in [0.05, 0.1) is 6.20 Å². The molecule has 5 aromatic carbocycles. The van der Waals surface area contributed by atoms with Crippen LogP contribution in [0.3, 0.4) is 0 Å². The minimum absolute atomic E-state index is 0. The number of benzene rings is 5. The Labute approximate surface area is 714 Å². The maximum atomic E-state index is 5.38. The van der Waals surface area contributed by atoms with Crippen LogP contribution >= 0.6 is 0 Å². The van der Waals surface area contributed by atoms with E-state index in [1.165, 1.54) is 55.9 Å². The Morgan fingerprint density at radius 3 is 1.40 bits per heavy atom. The van der Waals surface area contributed by atoms with Gasteiger partial charge in [0.15, 0.2) is 23.0 Å². The fourth-order valence-electron chi connectivity index (χ4n) is 7.44. The van der Waals surface area contributed by atoms with Crippen molar-refractivity contribution in [3.05, 3.63) is 313 Å². The largest absolute Gasteiger partial charge is 2.00 e. The first-order valence-corrected chi connectivity index (χ1v) is 40.0. The maximum absolute atomic E-state index is 5.38. The normalized spacial score (nSPS) is 10.6. The molecule has 14 heteroatoms. The third kappa shape index (κ3) is 71.5. The molecule has 112 heavy (non-hydrogen) atoms. The van der Waals surface area contributed by atoms with E-state index in [1.807, 2.05) is 328 Å². The van der Waals surface area contributed by atoms with Crippen LogP contribution in [0.4, 0.5) is 0 Å². The van der Waals surface area contributed by atoms with Crippen LogP contribution in [0.1, 0.15) is 224 Å². The molecule has 0 saturated carbocycles. The molecule has 10 aromatic rings. The van der Waals surface area contributed by atoms with Gasteiger partial charge in [0, 0.05) is 41.6 Å². The number of nitrogens with one attached hydrogen (secondary N) is 2. The monoisotopic (exact) mass is 1870 g/mol. The molecule has 1 unspecified atom stereocenters. The number of pyridine rings is 2. The Morgan fingerprint density at radius 1 is 0.482 bits per heavy atom. The number of allylic oxidation sites excluding steroid dienone is 13. The van der Waals surface area contributed by atoms with E-state index in [-0.39, 0.29) is 42.1 Å². The molecule has 14 rings (SSSR count). The van der Waals surface area contributed by atoms with Gasteiger partial charge >= 0.3 is 42.1 Å². The zero-order valence-corrected chi connectivity index (χ0v) is 81.5. The van der Waals surface area contributed by atoms with Crippen molar-refractivity contribution >= 4 is 21.9 Å². The maximum Gasteiger partial charge on any atom is 2.00 e. The molecule has 4 aliphatic rings. The van der Waals surface area contributed by atoms with Crippen molar-refractivity contribution in [1.82, 2.24) is 35.5 Å². The molecule has 2 aliphatic carbocycles. The molecule has 5 aromatic heterocycles. The van der Waals surface area contributed by atoms with Gasteiger partial charge in [-0.3, -0.25) is 16.0 Å². The zero-order valence-electron chi connectivity index (χ0n) is 75.7. The van der Waals surface area contributed by atoms with Crippen LogP contribution in [0.15, 0.2) is 248 Å². The standard InChI is InChI=1S/C9H9N.C9H10O2.C9H10.C8H8O2.C7H7N3.C7H8.2C6H7N.C6H8.C5H6.C4H5NO.11C2H6.2W/c1-7-2-3-8-4-5-10-9(8)6-7;1-7-2-3-8-9(6-7)11-5-4-10-8;1-2-6-9-7-4-3-5-8-9;1-6-2-3-7-8(4-6)10-5-9-7;1-5-2-3-6-7(4-5)9-10-8-6;1-7-5-3-2-4-6-7;1-6-3-2-4-7-5-6;1-6-4-2-3-5-7-6;1-6-4-2-3-5-6;1-3-5-4-2;1-4-2-5-6-3-4;11*1-2;;/h2-6,10H,1H3;2-3,6H,4-5H2,1H3;3-9H,1H3;2-4H,5H2,1H3;2-4H,1H3,(H,8,9,10);2-6H,1H3;2*2-5H,1H3;2,4-5H,3H2,1H3;1,3,5H,2H3;2-3H,1H3;11*1-2H3;;/q;;-2;;;;;;;-2;;;;;;;;;;;;;2*+2. The van der Waals surface area contributed by atoms with Gasteiger partial charge in [-0.15, -0.1) is 19.1 Å². The van der Waals surface area contributed by atoms with E-state index in [4.69, 9.17) is 25.5 Å². The van der Waals surface area contributed by atoms with Crippen LogP contribution in [0.25, 0.3) is 21.9 Å². The summed E-state index contributed by atoms with van der Waals surface area (Å²) in [4.78, 5) is 11.0. The number of hydrogen-bond acceptors (Lipinski definition) is 10. The van der Waals surface area contributed by atoms with E-state index < -0.39 is 0 Å². The number of H-pyrrole nitrogens is 2. The molecule has 0 saturated heterocycles. The minimum Gasteiger partial charge on any atom is -0.504 e. The first-order valence-electron chi connectivity index (χ1n) is 40.0. The Hall–Kier alpha value is -8.82. The molecular weight excluding hydrogens is 1720 g/mol. The Kier molecular flexibility index (Phi) is 109. The number of rotatable bonds is 2. The molecular formula is C98H151N7O5W2. The number of ether oxygens (including phenoxy) is 4. The predicted molar refractivity (Wildman–Crippen MR) is 486 cm³/mol. The van der Waals surface area contributed by atoms with Gasteiger partial charge in [0.2, 0.25) is 6.79 Å². The molecule has 0 fully saturated rings. The second-order valence-corrected chi connectivity index (χ2v) is 20.0. The van der Waals surface area contributed by atoms with E-state index in [2.05, 4.69) is 152 Å². The molecule has 0 amide bonds. The second-order valence-electron chi connectivity index (χ2n) is 20.0. The van der Waals surface area contributed by atoms with Crippen molar-refractivity contribution in [2.45, 2.75) is 235 Å². The summed E-state index contributed by atoms with van der Waals surface area (Å²) in [5.74, 6) is 3.92. The number of hydrogen-bond donors (Lipinski definition) is 2. The van der Waals surface area contributed by atoms with Gasteiger partial charge in [-0.05, 0) is 169 Å². The van der Waals surface area contributed by atoms with Crippen LogP contribution in [-0.2, 0) is 42.1 Å². The summed E-state index contributed by atoms with van der Waals surface area (Å²) in [6.45, 7) is 72.6. The first kappa shape index (κ1) is 124. The molecule has 7 heterocycles. The van der Waals surface area contributed by atoms with Crippen LogP contribution in [0, 0.1) is 86.5 Å². The third-order valence-electron chi connectivity index (χ3n) is 12.0. The quantitative estimate of drug-likeness (QED) is 0.127. The van der Waals surface area contributed by atoms with Gasteiger partial charge in [-0.25, -0.2) is 18.6 Å². The molecule has 2 N–H and O–H groups in total. The topological polar surface area (TPSA) is 146 Å². The van der Waals surface area contributed by atoms with E-state index in [1.54, 1.807) is 37.9 Å².